The van der Waals surface area contributed by atoms with Crippen molar-refractivity contribution in [3.05, 3.63) is 52.7 Å². The molecule has 1 aromatic heterocycles. The van der Waals surface area contributed by atoms with Crippen LogP contribution in [-0.2, 0) is 19.4 Å². The summed E-state index contributed by atoms with van der Waals surface area (Å²) in [6.07, 6.45) is 5.12. The number of nitrogens with one attached hydrogen (secondary N) is 1. The molecule has 3 N–H and O–H groups in total. The van der Waals surface area contributed by atoms with Crippen molar-refractivity contribution < 1.29 is 0 Å². The Morgan fingerprint density at radius 3 is 2.70 bits per heavy atom. The smallest absolute Gasteiger partial charge is 0.126 e. The molecule has 0 saturated carbocycles. The number of aryl methyl sites for hydroxylation is 3. The molecule has 3 nitrogen and oxygen atoms in total. The Hall–Kier alpha value is -2.03. The molecule has 0 unspecified atom stereocenters. The number of nitrogens with zero attached hydrogens (tertiary/aromatic N) is 1. The molecule has 20 heavy (non-hydrogen) atoms. The maximum absolute atomic E-state index is 5.78. The van der Waals surface area contributed by atoms with Crippen LogP contribution >= 0.6 is 0 Å². The minimum absolute atomic E-state index is 0.740. The molecule has 3 heteroatoms. The minimum atomic E-state index is 0.740. The molecule has 1 aliphatic carbocycles. The van der Waals surface area contributed by atoms with Gasteiger partial charge in [-0.3, -0.25) is 0 Å². The van der Waals surface area contributed by atoms with Crippen molar-refractivity contribution in [1.29, 1.82) is 0 Å². The summed E-state index contributed by atoms with van der Waals surface area (Å²) >= 11 is 0. The van der Waals surface area contributed by atoms with Gasteiger partial charge in [-0.05, 0) is 61.4 Å². The molecule has 0 aliphatic heterocycles. The van der Waals surface area contributed by atoms with Gasteiger partial charge < -0.3 is 11.1 Å². The molecule has 0 fully saturated rings. The van der Waals surface area contributed by atoms with Crippen LogP contribution in [0.5, 0.6) is 0 Å². The van der Waals surface area contributed by atoms with Crippen LogP contribution in [0, 0.1) is 6.92 Å². The third-order valence-electron chi connectivity index (χ3n) is 4.01. The molecule has 0 saturated heterocycles. The Morgan fingerprint density at radius 1 is 1.10 bits per heavy atom. The summed E-state index contributed by atoms with van der Waals surface area (Å²) in [6.45, 7) is 2.74. The van der Waals surface area contributed by atoms with Gasteiger partial charge in [0.25, 0.3) is 0 Å². The van der Waals surface area contributed by atoms with Crippen LogP contribution in [-0.4, -0.2) is 4.98 Å². The fraction of sp³-hybridized carbons (Fsp3) is 0.353. The third kappa shape index (κ3) is 2.77. The maximum atomic E-state index is 5.78. The van der Waals surface area contributed by atoms with Crippen molar-refractivity contribution in [2.24, 2.45) is 0 Å². The van der Waals surface area contributed by atoms with E-state index < -0.39 is 0 Å². The van der Waals surface area contributed by atoms with E-state index >= 15 is 0 Å². The minimum Gasteiger partial charge on any atom is -0.397 e. The largest absolute Gasteiger partial charge is 0.397 e. The van der Waals surface area contributed by atoms with E-state index in [1.165, 1.54) is 42.4 Å². The van der Waals surface area contributed by atoms with E-state index in [9.17, 15) is 0 Å². The number of nitrogens with two attached hydrogens (primary N) is 1. The normalized spacial score (nSPS) is 13.8. The average molecular weight is 267 g/mol. The first-order valence-electron chi connectivity index (χ1n) is 7.30. The lowest BCUT2D eigenvalue weighted by atomic mass is 9.90. The van der Waals surface area contributed by atoms with Crippen molar-refractivity contribution in [2.45, 2.75) is 39.2 Å². The second-order valence-electron chi connectivity index (χ2n) is 5.53. The summed E-state index contributed by atoms with van der Waals surface area (Å²) in [5, 5.41) is 3.37. The van der Waals surface area contributed by atoms with Crippen LogP contribution in [0.15, 0.2) is 30.3 Å². The van der Waals surface area contributed by atoms with Gasteiger partial charge in [-0.25, -0.2) is 4.98 Å². The van der Waals surface area contributed by atoms with Crippen molar-refractivity contribution in [2.75, 3.05) is 11.1 Å². The molecule has 0 bridgehead atoms. The van der Waals surface area contributed by atoms with Crippen LogP contribution in [0.1, 0.15) is 35.2 Å². The van der Waals surface area contributed by atoms with Crippen LogP contribution in [0.2, 0.25) is 0 Å². The monoisotopic (exact) mass is 267 g/mol. The Balaban J connectivity index is 1.70. The van der Waals surface area contributed by atoms with Crippen molar-refractivity contribution in [1.82, 2.24) is 4.98 Å². The van der Waals surface area contributed by atoms with E-state index in [1.54, 1.807) is 0 Å². The molecular weight excluding hydrogens is 246 g/mol. The highest BCUT2D eigenvalue weighted by atomic mass is 15.0. The highest BCUT2D eigenvalue weighted by molar-refractivity contribution is 5.49. The molecule has 1 aliphatic rings. The number of pyridine rings is 1. The van der Waals surface area contributed by atoms with Gasteiger partial charge in [0.05, 0.1) is 11.4 Å². The first-order valence-corrected chi connectivity index (χ1v) is 7.30. The van der Waals surface area contributed by atoms with Gasteiger partial charge in [0.15, 0.2) is 0 Å². The average Bonchev–Trinajstić information content (AvgIpc) is 2.48. The van der Waals surface area contributed by atoms with Crippen LogP contribution in [0.4, 0.5) is 11.5 Å². The predicted molar refractivity (Wildman–Crippen MR) is 83.8 cm³/mol. The van der Waals surface area contributed by atoms with Gasteiger partial charge in [-0.1, -0.05) is 18.2 Å². The van der Waals surface area contributed by atoms with Crippen LogP contribution in [0.3, 0.4) is 0 Å². The Kier molecular flexibility index (Phi) is 3.59. The zero-order valence-electron chi connectivity index (χ0n) is 11.9. The standard InChI is InChI=1S/C17H21N3/c1-12-16(18)8-9-17(20-12)19-11-13-6-7-14-4-2-3-5-15(14)10-13/h6-10H,2-5,11,18H2,1H3,(H,19,20). The second kappa shape index (κ2) is 5.53. The lowest BCUT2D eigenvalue weighted by molar-refractivity contribution is 0.684. The van der Waals surface area contributed by atoms with Gasteiger partial charge in [-0.15, -0.1) is 0 Å². The summed E-state index contributed by atoms with van der Waals surface area (Å²) in [4.78, 5) is 4.44. The number of anilines is 2. The van der Waals surface area contributed by atoms with E-state index in [4.69, 9.17) is 5.73 Å². The number of nitrogen functional groups attached to an aromatic ring is 1. The van der Waals surface area contributed by atoms with E-state index in [-0.39, 0.29) is 0 Å². The van der Waals surface area contributed by atoms with Crippen molar-refractivity contribution >= 4 is 11.5 Å². The highest BCUT2D eigenvalue weighted by Crippen LogP contribution is 2.22. The van der Waals surface area contributed by atoms with Gasteiger partial charge in [0, 0.05) is 6.54 Å². The number of hydrogen-bond acceptors (Lipinski definition) is 3. The number of benzene rings is 1. The summed E-state index contributed by atoms with van der Waals surface area (Å²) < 4.78 is 0. The van der Waals surface area contributed by atoms with E-state index in [0.717, 1.165) is 23.7 Å². The molecule has 1 heterocycles. The molecule has 0 radical (unpaired) electrons. The molecular formula is C17H21N3. The number of rotatable bonds is 3. The van der Waals surface area contributed by atoms with E-state index in [0.29, 0.717) is 0 Å². The van der Waals surface area contributed by atoms with Crippen LogP contribution in [0.25, 0.3) is 0 Å². The van der Waals surface area contributed by atoms with Crippen LogP contribution < -0.4 is 11.1 Å². The first kappa shape index (κ1) is 13.0. The summed E-state index contributed by atoms with van der Waals surface area (Å²) in [7, 11) is 0. The Bertz CT molecular complexity index is 620. The fourth-order valence-corrected chi connectivity index (χ4v) is 2.76. The number of hydrogen-bond donors (Lipinski definition) is 2. The lowest BCUT2D eigenvalue weighted by Gasteiger charge is -2.17. The lowest BCUT2D eigenvalue weighted by Crippen LogP contribution is -2.06. The van der Waals surface area contributed by atoms with Gasteiger partial charge in [0.2, 0.25) is 0 Å². The molecule has 0 atom stereocenters. The molecule has 3 rings (SSSR count). The van der Waals surface area contributed by atoms with Gasteiger partial charge in [-0.2, -0.15) is 0 Å². The molecule has 0 amide bonds. The summed E-state index contributed by atoms with van der Waals surface area (Å²) in [5.74, 6) is 0.884. The zero-order chi connectivity index (χ0) is 13.9. The van der Waals surface area contributed by atoms with Crippen molar-refractivity contribution in [3.8, 4) is 0 Å². The highest BCUT2D eigenvalue weighted by Gasteiger charge is 2.09. The number of aromatic nitrogens is 1. The van der Waals surface area contributed by atoms with E-state index in [1.807, 2.05) is 19.1 Å². The molecule has 2 aromatic rings. The quantitative estimate of drug-likeness (QED) is 0.895. The van der Waals surface area contributed by atoms with Crippen molar-refractivity contribution in [3.63, 3.8) is 0 Å². The third-order valence-corrected chi connectivity index (χ3v) is 4.01. The summed E-state index contributed by atoms with van der Waals surface area (Å²) in [5.41, 5.74) is 11.8. The SMILES string of the molecule is Cc1nc(NCc2ccc3c(c2)CCCC3)ccc1N. The predicted octanol–water partition coefficient (Wildman–Crippen LogP) is 3.46. The van der Waals surface area contributed by atoms with E-state index in [2.05, 4.69) is 28.5 Å². The first-order chi connectivity index (χ1) is 9.72. The molecule has 0 spiro atoms. The Labute approximate surface area is 120 Å². The maximum Gasteiger partial charge on any atom is 0.126 e. The second-order valence-corrected chi connectivity index (χ2v) is 5.53. The van der Waals surface area contributed by atoms with Gasteiger partial charge >= 0.3 is 0 Å². The summed E-state index contributed by atoms with van der Waals surface area (Å²) in [6, 6.07) is 10.7. The number of fused-ring (bicyclic) bond motifs is 1. The topological polar surface area (TPSA) is 50.9 Å². The Morgan fingerprint density at radius 2 is 1.90 bits per heavy atom. The molecule has 104 valence electrons. The fourth-order valence-electron chi connectivity index (χ4n) is 2.76. The molecule has 1 aromatic carbocycles. The van der Waals surface area contributed by atoms with Gasteiger partial charge in [0.1, 0.15) is 5.82 Å². The zero-order valence-corrected chi connectivity index (χ0v) is 11.9.